The summed E-state index contributed by atoms with van der Waals surface area (Å²) in [5, 5.41) is 10.3. The maximum Gasteiger partial charge on any atom is 0.418 e. The van der Waals surface area contributed by atoms with E-state index in [0.717, 1.165) is 33.2 Å². The Balaban J connectivity index is 1.67. The molecule has 0 saturated heterocycles. The lowest BCUT2D eigenvalue weighted by molar-refractivity contribution is -0.137. The molecule has 42 heavy (non-hydrogen) atoms. The average molecular weight is 608 g/mol. The van der Waals surface area contributed by atoms with Crippen LogP contribution in [0.2, 0.25) is 5.02 Å². The third kappa shape index (κ3) is 5.56. The van der Waals surface area contributed by atoms with Crippen molar-refractivity contribution in [3.05, 3.63) is 116 Å². The number of hydrogen-bond donors (Lipinski definition) is 1. The highest BCUT2D eigenvalue weighted by Crippen LogP contribution is 2.50. The number of nitrogens with zero attached hydrogens (tertiary/aromatic N) is 2. The second-order valence-corrected chi connectivity index (χ2v) is 12.2. The van der Waals surface area contributed by atoms with Gasteiger partial charge < -0.3 is 5.73 Å². The van der Waals surface area contributed by atoms with Crippen molar-refractivity contribution in [1.29, 1.82) is 5.26 Å². The fourth-order valence-corrected chi connectivity index (χ4v) is 6.93. The molecular weight excluding hydrogens is 579 g/mol. The van der Waals surface area contributed by atoms with Crippen LogP contribution < -0.4 is 10.6 Å². The molecule has 1 heterocycles. The van der Waals surface area contributed by atoms with Crippen LogP contribution in [-0.2, 0) is 16.7 Å². The van der Waals surface area contributed by atoms with Crippen LogP contribution in [0.15, 0.2) is 82.2 Å². The number of Topliss-reactive ketones (excluding diaryl/α,β-unsaturated/α-hetero) is 1. The van der Waals surface area contributed by atoms with Crippen LogP contribution in [0.1, 0.15) is 58.6 Å². The highest BCUT2D eigenvalue weighted by atomic mass is 35.5. The fourth-order valence-electron chi connectivity index (χ4n) is 5.81. The normalized spacial score (nSPS) is 17.4. The molecule has 0 radical (unpaired) electrons. The average Bonchev–Trinajstić information content (AvgIpc) is 2.93. The van der Waals surface area contributed by atoms with Crippen LogP contribution in [0.4, 0.5) is 18.9 Å². The van der Waals surface area contributed by atoms with Gasteiger partial charge in [-0.15, -0.1) is 11.8 Å². The molecule has 5 rings (SSSR count). The Morgan fingerprint density at radius 1 is 1.05 bits per heavy atom. The molecule has 0 fully saturated rings. The van der Waals surface area contributed by atoms with Gasteiger partial charge in [-0.05, 0) is 80.6 Å². The first-order valence-electron chi connectivity index (χ1n) is 13.5. The summed E-state index contributed by atoms with van der Waals surface area (Å²) in [6, 6.07) is 17.9. The summed E-state index contributed by atoms with van der Waals surface area (Å²) < 4.78 is 42.6. The predicted octanol–water partition coefficient (Wildman–Crippen LogP) is 8.88. The lowest BCUT2D eigenvalue weighted by Gasteiger charge is -2.41. The van der Waals surface area contributed by atoms with E-state index in [-0.39, 0.29) is 34.3 Å². The molecule has 1 aliphatic carbocycles. The minimum Gasteiger partial charge on any atom is -0.384 e. The highest BCUT2D eigenvalue weighted by Gasteiger charge is 2.44. The number of rotatable bonds is 5. The van der Waals surface area contributed by atoms with Gasteiger partial charge in [0.2, 0.25) is 0 Å². The van der Waals surface area contributed by atoms with Crippen LogP contribution in [0.25, 0.3) is 0 Å². The Labute approximate surface area is 252 Å². The molecule has 0 bridgehead atoms. The Morgan fingerprint density at radius 2 is 1.76 bits per heavy atom. The van der Waals surface area contributed by atoms with Gasteiger partial charge >= 0.3 is 6.18 Å². The Hall–Kier alpha value is -3.67. The molecule has 3 aromatic rings. The quantitative estimate of drug-likeness (QED) is 0.293. The monoisotopic (exact) mass is 607 g/mol. The van der Waals surface area contributed by atoms with Gasteiger partial charge in [-0.1, -0.05) is 47.0 Å². The summed E-state index contributed by atoms with van der Waals surface area (Å²) in [5.41, 5.74) is 11.0. The van der Waals surface area contributed by atoms with Crippen LogP contribution in [-0.4, -0.2) is 5.78 Å². The van der Waals surface area contributed by atoms with E-state index >= 15 is 0 Å². The molecule has 0 saturated carbocycles. The number of nitriles is 1. The van der Waals surface area contributed by atoms with Gasteiger partial charge in [-0.3, -0.25) is 9.69 Å². The number of nitrogens with two attached hydrogens (primary N) is 1. The smallest absolute Gasteiger partial charge is 0.384 e. The van der Waals surface area contributed by atoms with Crippen molar-refractivity contribution >= 4 is 34.8 Å². The van der Waals surface area contributed by atoms with Gasteiger partial charge in [-0.25, -0.2) is 0 Å². The minimum atomic E-state index is -4.74. The zero-order chi connectivity index (χ0) is 30.3. The number of hydrogen-bond acceptors (Lipinski definition) is 5. The first-order chi connectivity index (χ1) is 19.9. The maximum atomic E-state index is 14.2. The van der Waals surface area contributed by atoms with Crippen LogP contribution >= 0.6 is 23.4 Å². The molecule has 0 aromatic heterocycles. The van der Waals surface area contributed by atoms with E-state index < -0.39 is 17.7 Å². The molecule has 2 N–H and O–H groups in total. The highest BCUT2D eigenvalue weighted by molar-refractivity contribution is 7.98. The number of halogens is 4. The van der Waals surface area contributed by atoms with E-state index in [1.807, 2.05) is 26.8 Å². The molecular formula is C33H29ClF3N3OS. The van der Waals surface area contributed by atoms with Crippen molar-refractivity contribution in [1.82, 2.24) is 0 Å². The summed E-state index contributed by atoms with van der Waals surface area (Å²) >= 11 is 7.64. The van der Waals surface area contributed by atoms with Gasteiger partial charge in [0.25, 0.3) is 0 Å². The van der Waals surface area contributed by atoms with Gasteiger partial charge in [0.1, 0.15) is 5.82 Å². The number of thioether (sulfide) groups is 1. The molecule has 0 amide bonds. The number of allylic oxidation sites excluding steroid dienone is 3. The standard InChI is InChI=1S/C33H29ClF3N3OS/c1-18-7-10-23(11-8-18)42-17-21-13-19(2)14-24(20(21)3)30-25(16-38)32(39)40(28-5-4-6-29(41)31(28)30)27-12-9-22(34)15-26(27)33(35,36)37/h7-15,30H,4-6,17,39H2,1-3H3. The molecule has 3 aromatic carbocycles. The van der Waals surface area contributed by atoms with E-state index in [0.29, 0.717) is 29.9 Å². The molecule has 9 heteroatoms. The predicted molar refractivity (Wildman–Crippen MR) is 161 cm³/mol. The third-order valence-corrected chi connectivity index (χ3v) is 9.14. The van der Waals surface area contributed by atoms with Crippen molar-refractivity contribution in [3.8, 4) is 6.07 Å². The second kappa shape index (κ2) is 11.5. The molecule has 1 aliphatic heterocycles. The zero-order valence-electron chi connectivity index (χ0n) is 23.4. The van der Waals surface area contributed by atoms with Gasteiger partial charge in [0, 0.05) is 33.4 Å². The van der Waals surface area contributed by atoms with Crippen molar-refractivity contribution in [2.75, 3.05) is 4.90 Å². The topological polar surface area (TPSA) is 70.1 Å². The second-order valence-electron chi connectivity index (χ2n) is 10.7. The SMILES string of the molecule is Cc1ccc(SCc2cc(C)cc(C3C(C#N)=C(N)N(c4ccc(Cl)cc4C(F)(F)F)C4=C3C(=O)CCC4)c2C)cc1. The number of benzene rings is 3. The zero-order valence-corrected chi connectivity index (χ0v) is 25.0. The number of alkyl halides is 3. The van der Waals surface area contributed by atoms with Crippen molar-refractivity contribution in [2.45, 2.75) is 62.8 Å². The first-order valence-corrected chi connectivity index (χ1v) is 14.9. The molecule has 216 valence electrons. The van der Waals surface area contributed by atoms with Crippen molar-refractivity contribution in [3.63, 3.8) is 0 Å². The Bertz CT molecular complexity index is 1690. The van der Waals surface area contributed by atoms with Crippen LogP contribution in [0.3, 0.4) is 0 Å². The van der Waals surface area contributed by atoms with Crippen LogP contribution in [0.5, 0.6) is 0 Å². The van der Waals surface area contributed by atoms with E-state index in [1.165, 1.54) is 22.6 Å². The number of carbonyl (C=O) groups is 1. The maximum absolute atomic E-state index is 14.2. The Kier molecular flexibility index (Phi) is 8.19. The lowest BCUT2D eigenvalue weighted by Crippen LogP contribution is -2.39. The van der Waals surface area contributed by atoms with Gasteiger partial charge in [-0.2, -0.15) is 18.4 Å². The molecule has 4 nitrogen and oxygen atoms in total. The largest absolute Gasteiger partial charge is 0.418 e. The summed E-state index contributed by atoms with van der Waals surface area (Å²) in [6.45, 7) is 5.96. The van der Waals surface area contributed by atoms with Crippen molar-refractivity contribution in [2.24, 2.45) is 5.73 Å². The van der Waals surface area contributed by atoms with Gasteiger partial charge in [0.05, 0.1) is 28.8 Å². The van der Waals surface area contributed by atoms with E-state index in [2.05, 4.69) is 36.4 Å². The molecule has 1 unspecified atom stereocenters. The first kappa shape index (κ1) is 29.8. The lowest BCUT2D eigenvalue weighted by atomic mass is 9.73. The molecule has 2 aliphatic rings. The number of ketones is 1. The molecule has 1 atom stereocenters. The van der Waals surface area contributed by atoms with E-state index in [4.69, 9.17) is 17.3 Å². The van der Waals surface area contributed by atoms with Gasteiger partial charge in [0.15, 0.2) is 5.78 Å². The summed E-state index contributed by atoms with van der Waals surface area (Å²) in [6.07, 6.45) is -3.68. The number of aryl methyl sites for hydroxylation is 2. The number of carbonyl (C=O) groups excluding carboxylic acids is 1. The summed E-state index contributed by atoms with van der Waals surface area (Å²) in [5.74, 6) is -0.409. The summed E-state index contributed by atoms with van der Waals surface area (Å²) in [7, 11) is 0. The fraction of sp³-hybridized carbons (Fsp3) is 0.273. The third-order valence-electron chi connectivity index (χ3n) is 7.84. The van der Waals surface area contributed by atoms with Crippen molar-refractivity contribution < 1.29 is 18.0 Å². The molecule has 0 spiro atoms. The van der Waals surface area contributed by atoms with E-state index in [1.54, 1.807) is 11.8 Å². The summed E-state index contributed by atoms with van der Waals surface area (Å²) in [4.78, 5) is 16.0. The van der Waals surface area contributed by atoms with E-state index in [9.17, 15) is 23.2 Å². The van der Waals surface area contributed by atoms with Crippen LogP contribution in [0, 0.1) is 32.1 Å². The minimum absolute atomic E-state index is 0.0536. The Morgan fingerprint density at radius 3 is 2.43 bits per heavy atom. The number of anilines is 1.